The van der Waals surface area contributed by atoms with E-state index in [1.54, 1.807) is 12.4 Å². The van der Waals surface area contributed by atoms with Crippen molar-refractivity contribution in [1.82, 2.24) is 4.98 Å². The fourth-order valence-electron chi connectivity index (χ4n) is 0.823. The van der Waals surface area contributed by atoms with E-state index in [9.17, 15) is 0 Å². The van der Waals surface area contributed by atoms with Crippen molar-refractivity contribution in [3.05, 3.63) is 66.5 Å². The van der Waals surface area contributed by atoms with Crippen LogP contribution in [0.15, 0.2) is 54.9 Å². The first kappa shape index (κ1) is 14.5. The van der Waals surface area contributed by atoms with Gasteiger partial charge in [0.05, 0.1) is 0 Å². The van der Waals surface area contributed by atoms with Gasteiger partial charge in [-0.15, -0.1) is 5.56 Å². The Balaban J connectivity index is 0.000000253. The van der Waals surface area contributed by atoms with Crippen LogP contribution in [0.1, 0.15) is 5.56 Å². The van der Waals surface area contributed by atoms with Crippen molar-refractivity contribution in [2.24, 2.45) is 0 Å². The van der Waals surface area contributed by atoms with Crippen molar-refractivity contribution < 1.29 is 20.1 Å². The summed E-state index contributed by atoms with van der Waals surface area (Å²) >= 11 is 3.34. The van der Waals surface area contributed by atoms with Crippen LogP contribution in [0.4, 0.5) is 0 Å². The number of rotatable bonds is 1. The molecule has 1 radical (unpaired) electrons. The van der Waals surface area contributed by atoms with Crippen LogP contribution < -0.4 is 0 Å². The molecule has 0 aliphatic rings. The molecule has 0 amide bonds. The van der Waals surface area contributed by atoms with E-state index >= 15 is 0 Å². The molecular weight excluding hydrogens is 430 g/mol. The molecule has 0 bridgehead atoms. The third kappa shape index (κ3) is 7.43. The molecule has 3 heteroatoms. The summed E-state index contributed by atoms with van der Waals surface area (Å²) in [6, 6.07) is 16.6. The van der Waals surface area contributed by atoms with Crippen molar-refractivity contribution >= 4 is 15.9 Å². The molecule has 0 atom stereocenters. The summed E-state index contributed by atoms with van der Waals surface area (Å²) in [5.74, 6) is 0. The molecular formula is C12H11BrIrN-. The Bertz CT molecular complexity index is 299. The number of nitrogens with zero attached hydrogens (tertiary/aromatic N) is 1. The Hall–Kier alpha value is -0.501. The Morgan fingerprint density at radius 3 is 1.93 bits per heavy atom. The number of hydrogen-bond donors (Lipinski definition) is 0. The number of pyridine rings is 1. The summed E-state index contributed by atoms with van der Waals surface area (Å²) in [5, 5.41) is 0.932. The normalized spacial score (nSPS) is 8.07. The minimum atomic E-state index is 0. The van der Waals surface area contributed by atoms with E-state index < -0.39 is 0 Å². The van der Waals surface area contributed by atoms with E-state index in [2.05, 4.69) is 27.0 Å². The molecule has 0 spiro atoms. The quantitative estimate of drug-likeness (QED) is 0.488. The van der Waals surface area contributed by atoms with Gasteiger partial charge in [-0.2, -0.15) is 30.3 Å². The predicted octanol–water partition coefficient (Wildman–Crippen LogP) is 3.46. The van der Waals surface area contributed by atoms with Crippen LogP contribution in [0.2, 0.25) is 0 Å². The van der Waals surface area contributed by atoms with Crippen molar-refractivity contribution in [3.63, 3.8) is 0 Å². The van der Waals surface area contributed by atoms with Gasteiger partial charge in [-0.25, -0.2) is 0 Å². The Morgan fingerprint density at radius 1 is 1.07 bits per heavy atom. The van der Waals surface area contributed by atoms with E-state index in [0.717, 1.165) is 5.33 Å². The first-order valence-electron chi connectivity index (χ1n) is 4.29. The number of hydrogen-bond acceptors (Lipinski definition) is 1. The zero-order chi connectivity index (χ0) is 10.1. The molecule has 15 heavy (non-hydrogen) atoms. The first-order chi connectivity index (χ1) is 6.93. The Kier molecular flexibility index (Phi) is 9.70. The molecule has 1 aromatic heterocycles. The zero-order valence-corrected chi connectivity index (χ0v) is 12.0. The van der Waals surface area contributed by atoms with Gasteiger partial charge in [0.15, 0.2) is 0 Å². The van der Waals surface area contributed by atoms with Gasteiger partial charge >= 0.3 is 0 Å². The molecule has 0 aliphatic heterocycles. The minimum Gasteiger partial charge on any atom is -0.265 e. The summed E-state index contributed by atoms with van der Waals surface area (Å²) in [6.07, 6.45) is 3.50. The predicted molar refractivity (Wildman–Crippen MR) is 62.1 cm³/mol. The molecule has 0 unspecified atom stereocenters. The van der Waals surface area contributed by atoms with Crippen LogP contribution in [0.3, 0.4) is 0 Å². The van der Waals surface area contributed by atoms with Gasteiger partial charge in [0.25, 0.3) is 0 Å². The van der Waals surface area contributed by atoms with E-state index in [1.807, 2.05) is 42.5 Å². The smallest absolute Gasteiger partial charge is 0.0267 e. The zero-order valence-electron chi connectivity index (χ0n) is 8.06. The van der Waals surface area contributed by atoms with Crippen LogP contribution in [-0.4, -0.2) is 4.98 Å². The molecule has 0 saturated carbocycles. The SMILES string of the molecule is BrCc1cc[c-]cc1.[Ir].c1ccncc1. The van der Waals surface area contributed by atoms with Crippen LogP contribution in [0, 0.1) is 6.07 Å². The fraction of sp³-hybridized carbons (Fsp3) is 0.0833. The third-order valence-corrected chi connectivity index (χ3v) is 2.16. The summed E-state index contributed by atoms with van der Waals surface area (Å²) in [5.41, 5.74) is 1.30. The van der Waals surface area contributed by atoms with Gasteiger partial charge in [-0.3, -0.25) is 4.98 Å². The molecule has 0 N–H and O–H groups in total. The number of alkyl halides is 1. The van der Waals surface area contributed by atoms with Gasteiger partial charge in [-0.1, -0.05) is 22.0 Å². The molecule has 0 saturated heterocycles. The summed E-state index contributed by atoms with van der Waals surface area (Å²) in [7, 11) is 0. The second kappa shape index (κ2) is 10.0. The maximum absolute atomic E-state index is 3.78. The third-order valence-electron chi connectivity index (χ3n) is 1.51. The Morgan fingerprint density at radius 2 is 1.67 bits per heavy atom. The largest absolute Gasteiger partial charge is 0.265 e. The summed E-state index contributed by atoms with van der Waals surface area (Å²) in [4.78, 5) is 3.78. The van der Waals surface area contributed by atoms with Crippen LogP contribution in [0.5, 0.6) is 0 Å². The van der Waals surface area contributed by atoms with Crippen molar-refractivity contribution in [3.8, 4) is 0 Å². The fourth-order valence-corrected chi connectivity index (χ4v) is 1.20. The molecule has 1 nitrogen and oxygen atoms in total. The molecule has 1 heterocycles. The standard InChI is InChI=1S/C7H6Br.C5H5N.Ir/c8-6-7-4-2-1-3-5-7;1-2-4-6-5-3-1;/h2-5H,6H2;1-5H;/q-1;;. The van der Waals surface area contributed by atoms with Crippen molar-refractivity contribution in [2.75, 3.05) is 0 Å². The maximum Gasteiger partial charge on any atom is 0.0267 e. The maximum atomic E-state index is 3.78. The van der Waals surface area contributed by atoms with E-state index in [-0.39, 0.29) is 20.1 Å². The van der Waals surface area contributed by atoms with Gasteiger partial charge < -0.3 is 0 Å². The number of aromatic nitrogens is 1. The molecule has 1 aromatic carbocycles. The average molecular weight is 441 g/mol. The minimum absolute atomic E-state index is 0. The van der Waals surface area contributed by atoms with Gasteiger partial charge in [-0.05, 0) is 12.1 Å². The average Bonchev–Trinajstić information content (AvgIpc) is 2.33. The molecule has 0 aliphatic carbocycles. The molecule has 0 fully saturated rings. The van der Waals surface area contributed by atoms with Crippen molar-refractivity contribution in [2.45, 2.75) is 5.33 Å². The van der Waals surface area contributed by atoms with Crippen molar-refractivity contribution in [1.29, 1.82) is 0 Å². The summed E-state index contributed by atoms with van der Waals surface area (Å²) < 4.78 is 0. The second-order valence-electron chi connectivity index (χ2n) is 2.57. The Labute approximate surface area is 112 Å². The second-order valence-corrected chi connectivity index (χ2v) is 3.13. The van der Waals surface area contributed by atoms with Crippen LogP contribution in [-0.2, 0) is 25.4 Å². The number of halogens is 1. The summed E-state index contributed by atoms with van der Waals surface area (Å²) in [6.45, 7) is 0. The van der Waals surface area contributed by atoms with Crippen LogP contribution in [0.25, 0.3) is 0 Å². The number of benzene rings is 1. The van der Waals surface area contributed by atoms with E-state index in [0.29, 0.717) is 0 Å². The molecule has 81 valence electrons. The van der Waals surface area contributed by atoms with E-state index in [4.69, 9.17) is 0 Å². The monoisotopic (exact) mass is 441 g/mol. The molecule has 2 rings (SSSR count). The van der Waals surface area contributed by atoms with Gasteiger partial charge in [0, 0.05) is 37.8 Å². The van der Waals surface area contributed by atoms with Gasteiger partial charge in [0.2, 0.25) is 0 Å². The molecule has 2 aromatic rings. The van der Waals surface area contributed by atoms with E-state index in [1.165, 1.54) is 5.56 Å². The van der Waals surface area contributed by atoms with Crippen LogP contribution >= 0.6 is 15.9 Å². The van der Waals surface area contributed by atoms with Gasteiger partial charge in [0.1, 0.15) is 0 Å². The topological polar surface area (TPSA) is 12.9 Å². The first-order valence-corrected chi connectivity index (χ1v) is 5.41.